The molecule has 3 aliphatic rings. The minimum Gasteiger partial charge on any atom is -0.337 e. The Hall–Kier alpha value is -1.02. The van der Waals surface area contributed by atoms with Crippen LogP contribution in [0, 0.1) is 0 Å². The maximum absolute atomic E-state index is 5.92. The Balaban J connectivity index is 1.75. The number of hydrogen-bond acceptors (Lipinski definition) is 2. The molecule has 150 valence electrons. The summed E-state index contributed by atoms with van der Waals surface area (Å²) >= 11 is 0. The highest BCUT2D eigenvalue weighted by atomic mass is 17.2. The molecular weight excluding hydrogens is 332 g/mol. The van der Waals surface area contributed by atoms with Crippen molar-refractivity contribution in [3.8, 4) is 5.75 Å². The molecule has 0 radical (unpaired) electrons. The molecular formula is C25H38O2. The van der Waals surface area contributed by atoms with Crippen molar-refractivity contribution in [2.75, 3.05) is 7.11 Å². The molecule has 0 aromatic heterocycles. The normalized spacial score (nSPS) is 23.4. The first kappa shape index (κ1) is 19.3. The average Bonchev–Trinajstić information content (AvgIpc) is 2.76. The predicted octanol–water partition coefficient (Wildman–Crippen LogP) is 7.77. The monoisotopic (exact) mass is 370 g/mol. The lowest BCUT2D eigenvalue weighted by molar-refractivity contribution is -0.179. The minimum absolute atomic E-state index is 0.662. The van der Waals surface area contributed by atoms with Crippen molar-refractivity contribution in [1.82, 2.24) is 0 Å². The zero-order valence-electron chi connectivity index (χ0n) is 17.3. The summed E-state index contributed by atoms with van der Waals surface area (Å²) < 4.78 is 0. The van der Waals surface area contributed by atoms with Gasteiger partial charge in [0.25, 0.3) is 0 Å². The first-order valence-corrected chi connectivity index (χ1v) is 11.7. The van der Waals surface area contributed by atoms with Gasteiger partial charge in [-0.15, -0.1) is 0 Å². The molecule has 0 atom stereocenters. The highest BCUT2D eigenvalue weighted by Gasteiger charge is 2.29. The summed E-state index contributed by atoms with van der Waals surface area (Å²) in [7, 11) is 1.67. The van der Waals surface area contributed by atoms with Crippen molar-refractivity contribution in [2.24, 2.45) is 0 Å². The van der Waals surface area contributed by atoms with Crippen LogP contribution in [0.2, 0.25) is 0 Å². The Morgan fingerprint density at radius 1 is 0.593 bits per heavy atom. The molecule has 1 aromatic carbocycles. The van der Waals surface area contributed by atoms with Gasteiger partial charge in [0.05, 0.1) is 7.11 Å². The summed E-state index contributed by atoms with van der Waals surface area (Å²) in [6.07, 6.45) is 20.5. The fraction of sp³-hybridized carbons (Fsp3) is 0.760. The van der Waals surface area contributed by atoms with Crippen molar-refractivity contribution < 1.29 is 9.78 Å². The second kappa shape index (κ2) is 9.45. The summed E-state index contributed by atoms with van der Waals surface area (Å²) in [5.74, 6) is 3.18. The molecule has 3 aliphatic carbocycles. The van der Waals surface area contributed by atoms with E-state index in [2.05, 4.69) is 12.1 Å². The van der Waals surface area contributed by atoms with Crippen molar-refractivity contribution in [2.45, 2.75) is 114 Å². The van der Waals surface area contributed by atoms with Crippen LogP contribution in [0.1, 0.15) is 131 Å². The predicted molar refractivity (Wildman–Crippen MR) is 112 cm³/mol. The molecule has 0 bridgehead atoms. The topological polar surface area (TPSA) is 18.5 Å². The minimum atomic E-state index is 0.662. The van der Waals surface area contributed by atoms with E-state index in [1.807, 2.05) is 0 Å². The van der Waals surface area contributed by atoms with E-state index in [1.54, 1.807) is 12.7 Å². The van der Waals surface area contributed by atoms with E-state index < -0.39 is 0 Å². The Labute approximate surface area is 166 Å². The van der Waals surface area contributed by atoms with Gasteiger partial charge in [0.2, 0.25) is 0 Å². The Kier molecular flexibility index (Phi) is 6.76. The van der Waals surface area contributed by atoms with Crippen molar-refractivity contribution in [3.05, 3.63) is 28.8 Å². The van der Waals surface area contributed by atoms with E-state index in [4.69, 9.17) is 9.78 Å². The van der Waals surface area contributed by atoms with Gasteiger partial charge in [-0.05, 0) is 61.8 Å². The number of rotatable bonds is 5. The second-order valence-electron chi connectivity index (χ2n) is 9.28. The Morgan fingerprint density at radius 2 is 1.00 bits per heavy atom. The standard InChI is InChI=1S/C25H38O2/c1-26-27-25-23(20-13-7-3-8-14-20)17-22(19-11-5-2-6-12-19)18-24(25)21-15-9-4-10-16-21/h17-21H,2-16H2,1H3. The maximum atomic E-state index is 5.92. The highest BCUT2D eigenvalue weighted by molar-refractivity contribution is 5.49. The first-order chi connectivity index (χ1) is 13.4. The SMILES string of the molecule is COOc1c(C2CCCCC2)cc(C2CCCCC2)cc1C1CCCCC1. The van der Waals surface area contributed by atoms with Crippen LogP contribution in [-0.4, -0.2) is 7.11 Å². The van der Waals surface area contributed by atoms with Crippen LogP contribution < -0.4 is 4.89 Å². The lowest BCUT2D eigenvalue weighted by Crippen LogP contribution is -2.14. The molecule has 1 aromatic rings. The van der Waals surface area contributed by atoms with E-state index in [9.17, 15) is 0 Å². The molecule has 2 heteroatoms. The maximum Gasteiger partial charge on any atom is 0.172 e. The van der Waals surface area contributed by atoms with Gasteiger partial charge in [-0.3, -0.25) is 0 Å². The van der Waals surface area contributed by atoms with Crippen LogP contribution in [0.4, 0.5) is 0 Å². The number of benzene rings is 1. The third kappa shape index (κ3) is 4.53. The van der Waals surface area contributed by atoms with Crippen LogP contribution in [0.15, 0.2) is 12.1 Å². The lowest BCUT2D eigenvalue weighted by atomic mass is 9.75. The largest absolute Gasteiger partial charge is 0.337 e. The summed E-state index contributed by atoms with van der Waals surface area (Å²) in [5.41, 5.74) is 4.56. The van der Waals surface area contributed by atoms with E-state index in [0.717, 1.165) is 11.7 Å². The van der Waals surface area contributed by atoms with Crippen molar-refractivity contribution >= 4 is 0 Å². The summed E-state index contributed by atoms with van der Waals surface area (Å²) in [5, 5.41) is 0. The van der Waals surface area contributed by atoms with Crippen molar-refractivity contribution in [3.63, 3.8) is 0 Å². The smallest absolute Gasteiger partial charge is 0.172 e. The zero-order valence-corrected chi connectivity index (χ0v) is 17.3. The zero-order chi connectivity index (χ0) is 18.5. The first-order valence-electron chi connectivity index (χ1n) is 11.7. The molecule has 4 rings (SSSR count). The van der Waals surface area contributed by atoms with Crippen LogP contribution >= 0.6 is 0 Å². The molecule has 0 saturated heterocycles. The van der Waals surface area contributed by atoms with Gasteiger partial charge < -0.3 is 4.89 Å². The molecule has 0 heterocycles. The third-order valence-electron chi connectivity index (χ3n) is 7.50. The fourth-order valence-corrected chi connectivity index (χ4v) is 5.98. The van der Waals surface area contributed by atoms with E-state index in [1.165, 1.54) is 107 Å². The summed E-state index contributed by atoms with van der Waals surface area (Å²) in [6.45, 7) is 0. The highest BCUT2D eigenvalue weighted by Crippen LogP contribution is 2.47. The van der Waals surface area contributed by atoms with Crippen molar-refractivity contribution in [1.29, 1.82) is 0 Å². The Bertz CT molecular complexity index is 551. The second-order valence-corrected chi connectivity index (χ2v) is 9.28. The quantitative estimate of drug-likeness (QED) is 0.389. The van der Waals surface area contributed by atoms with Crippen LogP contribution in [0.3, 0.4) is 0 Å². The van der Waals surface area contributed by atoms with E-state index in [0.29, 0.717) is 11.8 Å². The van der Waals surface area contributed by atoms with Gasteiger partial charge in [-0.25, -0.2) is 0 Å². The van der Waals surface area contributed by atoms with Crippen LogP contribution in [0.5, 0.6) is 5.75 Å². The molecule has 2 nitrogen and oxygen atoms in total. The van der Waals surface area contributed by atoms with E-state index >= 15 is 0 Å². The van der Waals surface area contributed by atoms with Gasteiger partial charge in [0.15, 0.2) is 5.75 Å². The van der Waals surface area contributed by atoms with Gasteiger partial charge in [0.1, 0.15) is 0 Å². The fourth-order valence-electron chi connectivity index (χ4n) is 5.98. The lowest BCUT2D eigenvalue weighted by Gasteiger charge is -2.31. The van der Waals surface area contributed by atoms with E-state index in [-0.39, 0.29) is 0 Å². The molecule has 0 aliphatic heterocycles. The Morgan fingerprint density at radius 3 is 1.41 bits per heavy atom. The summed E-state index contributed by atoms with van der Waals surface area (Å²) in [6, 6.07) is 5.07. The van der Waals surface area contributed by atoms with Crippen LogP contribution in [-0.2, 0) is 4.89 Å². The molecule has 0 spiro atoms. The number of hydrogen-bond donors (Lipinski definition) is 0. The molecule has 3 saturated carbocycles. The van der Waals surface area contributed by atoms with Gasteiger partial charge in [-0.1, -0.05) is 69.9 Å². The molecule has 3 fully saturated rings. The molecule has 0 unspecified atom stereocenters. The van der Waals surface area contributed by atoms with Gasteiger partial charge in [-0.2, -0.15) is 4.89 Å². The molecule has 0 N–H and O–H groups in total. The summed E-state index contributed by atoms with van der Waals surface area (Å²) in [4.78, 5) is 11.2. The molecule has 0 amide bonds. The molecule has 27 heavy (non-hydrogen) atoms. The van der Waals surface area contributed by atoms with Crippen LogP contribution in [0.25, 0.3) is 0 Å². The average molecular weight is 371 g/mol. The van der Waals surface area contributed by atoms with Gasteiger partial charge in [0, 0.05) is 11.1 Å². The third-order valence-corrected chi connectivity index (χ3v) is 7.50. The van der Waals surface area contributed by atoms with Gasteiger partial charge >= 0.3 is 0 Å².